The van der Waals surface area contributed by atoms with Gasteiger partial charge < -0.3 is 10.2 Å². The minimum Gasteiger partial charge on any atom is -0.508 e. The van der Waals surface area contributed by atoms with Crippen LogP contribution >= 0.6 is 0 Å². The molecule has 4 heteroatoms. The zero-order chi connectivity index (χ0) is 17.6. The van der Waals surface area contributed by atoms with Crippen molar-refractivity contribution in [1.82, 2.24) is 9.97 Å². The van der Waals surface area contributed by atoms with Gasteiger partial charge in [-0.2, -0.15) is 0 Å². The van der Waals surface area contributed by atoms with Gasteiger partial charge in [-0.25, -0.2) is 9.97 Å². The van der Waals surface area contributed by atoms with Gasteiger partial charge in [-0.15, -0.1) is 0 Å². The summed E-state index contributed by atoms with van der Waals surface area (Å²) in [5.74, 6) is 0.947. The third-order valence-electron chi connectivity index (χ3n) is 4.06. The zero-order valence-electron chi connectivity index (χ0n) is 14.3. The molecule has 3 rings (SSSR count). The number of benzene rings is 2. The van der Waals surface area contributed by atoms with Crippen LogP contribution in [0, 0.1) is 0 Å². The highest BCUT2D eigenvalue weighted by Gasteiger charge is 2.03. The van der Waals surface area contributed by atoms with Gasteiger partial charge in [-0.1, -0.05) is 30.4 Å². The first-order valence-corrected chi connectivity index (χ1v) is 8.51. The van der Waals surface area contributed by atoms with Crippen LogP contribution in [0.5, 0.6) is 5.75 Å². The summed E-state index contributed by atoms with van der Waals surface area (Å²) in [5.41, 5.74) is 1.91. The molecular weight excluding hydrogens is 312 g/mol. The lowest BCUT2D eigenvalue weighted by Crippen LogP contribution is -1.97. The fourth-order valence-corrected chi connectivity index (χ4v) is 2.70. The Balaban J connectivity index is 1.69. The average Bonchev–Trinajstić information content (AvgIpc) is 2.61. The predicted molar refractivity (Wildman–Crippen MR) is 101 cm³/mol. The van der Waals surface area contributed by atoms with Crippen molar-refractivity contribution < 1.29 is 10.2 Å². The smallest absolute Gasteiger partial charge is 0.159 e. The van der Waals surface area contributed by atoms with E-state index in [1.807, 2.05) is 49.7 Å². The summed E-state index contributed by atoms with van der Waals surface area (Å²) in [6, 6.07) is 11.3. The number of aromatic hydroxyl groups is 1. The molecule has 25 heavy (non-hydrogen) atoms. The second-order valence-corrected chi connectivity index (χ2v) is 6.27. The topological polar surface area (TPSA) is 66.2 Å². The van der Waals surface area contributed by atoms with Crippen LogP contribution in [0.25, 0.3) is 28.2 Å². The van der Waals surface area contributed by atoms with Crippen LogP contribution in [0.2, 0.25) is 0 Å². The van der Waals surface area contributed by atoms with E-state index < -0.39 is 0 Å². The Kier molecular flexibility index (Phi) is 5.41. The van der Waals surface area contributed by atoms with Gasteiger partial charge in [0.2, 0.25) is 0 Å². The molecule has 0 radical (unpaired) electrons. The summed E-state index contributed by atoms with van der Waals surface area (Å²) >= 11 is 0. The molecule has 0 aliphatic rings. The highest BCUT2D eigenvalue weighted by atomic mass is 16.3. The molecule has 0 aliphatic heterocycles. The molecule has 1 unspecified atom stereocenters. The number of phenols is 1. The summed E-state index contributed by atoms with van der Waals surface area (Å²) in [6.45, 7) is 1.81. The number of hydrogen-bond donors (Lipinski definition) is 2. The summed E-state index contributed by atoms with van der Waals surface area (Å²) in [6.07, 6.45) is 10.2. The number of unbranched alkanes of at least 4 members (excludes halogenated alkanes) is 1. The summed E-state index contributed by atoms with van der Waals surface area (Å²) < 4.78 is 0. The van der Waals surface area contributed by atoms with E-state index >= 15 is 0 Å². The largest absolute Gasteiger partial charge is 0.508 e. The minimum atomic E-state index is -0.234. The Morgan fingerprint density at radius 2 is 1.76 bits per heavy atom. The molecule has 0 aliphatic carbocycles. The van der Waals surface area contributed by atoms with Crippen molar-refractivity contribution in [2.45, 2.75) is 32.3 Å². The normalized spacial score (nSPS) is 12.7. The lowest BCUT2D eigenvalue weighted by atomic mass is 10.1. The van der Waals surface area contributed by atoms with Gasteiger partial charge in [0.25, 0.3) is 0 Å². The molecule has 2 aromatic carbocycles. The molecule has 1 aromatic heterocycles. The van der Waals surface area contributed by atoms with Crippen LogP contribution < -0.4 is 0 Å². The predicted octanol–water partition coefficient (Wildman–Crippen LogP) is 4.57. The first-order chi connectivity index (χ1) is 12.1. The van der Waals surface area contributed by atoms with E-state index in [-0.39, 0.29) is 11.9 Å². The Labute approximate surface area is 147 Å². The first-order valence-electron chi connectivity index (χ1n) is 8.51. The minimum absolute atomic E-state index is 0.234. The number of rotatable bonds is 6. The van der Waals surface area contributed by atoms with Gasteiger partial charge in [0.05, 0.1) is 6.10 Å². The maximum atomic E-state index is 9.54. The Bertz CT molecular complexity index is 871. The summed E-state index contributed by atoms with van der Waals surface area (Å²) in [5, 5.41) is 20.8. The zero-order valence-corrected chi connectivity index (χ0v) is 14.3. The molecule has 0 bridgehead atoms. The molecule has 1 atom stereocenters. The molecule has 0 fully saturated rings. The van der Waals surface area contributed by atoms with Crippen molar-refractivity contribution in [3.8, 4) is 17.1 Å². The van der Waals surface area contributed by atoms with Gasteiger partial charge in [0.15, 0.2) is 5.82 Å². The van der Waals surface area contributed by atoms with Crippen molar-refractivity contribution in [3.05, 3.63) is 60.4 Å². The Morgan fingerprint density at radius 1 is 1.04 bits per heavy atom. The van der Waals surface area contributed by atoms with Crippen LogP contribution in [0.15, 0.2) is 54.9 Å². The number of aliphatic hydroxyl groups excluding tert-OH is 1. The van der Waals surface area contributed by atoms with E-state index in [1.165, 1.54) is 0 Å². The molecular formula is C21H22N2O2. The van der Waals surface area contributed by atoms with E-state index in [9.17, 15) is 10.2 Å². The highest BCUT2D eigenvalue weighted by Crippen LogP contribution is 2.24. The molecule has 0 spiro atoms. The van der Waals surface area contributed by atoms with Crippen LogP contribution in [0.4, 0.5) is 0 Å². The second-order valence-electron chi connectivity index (χ2n) is 6.27. The molecule has 0 amide bonds. The van der Waals surface area contributed by atoms with E-state index in [4.69, 9.17) is 0 Å². The third kappa shape index (κ3) is 4.64. The lowest BCUT2D eigenvalue weighted by molar-refractivity contribution is 0.182. The summed E-state index contributed by atoms with van der Waals surface area (Å²) in [4.78, 5) is 8.90. The highest BCUT2D eigenvalue weighted by molar-refractivity contribution is 5.87. The molecule has 3 aromatic rings. The van der Waals surface area contributed by atoms with Crippen LogP contribution in [0.3, 0.4) is 0 Å². The number of fused-ring (bicyclic) bond motifs is 1. The maximum absolute atomic E-state index is 9.54. The molecule has 1 heterocycles. The van der Waals surface area contributed by atoms with E-state index in [0.717, 1.165) is 41.2 Å². The number of phenolic OH excluding ortho intramolecular Hbond substituents is 1. The van der Waals surface area contributed by atoms with Crippen LogP contribution in [-0.2, 0) is 0 Å². The van der Waals surface area contributed by atoms with Gasteiger partial charge in [-0.3, -0.25) is 0 Å². The molecule has 4 nitrogen and oxygen atoms in total. The fraction of sp³-hybridized carbons (Fsp3) is 0.238. The molecule has 2 N–H and O–H groups in total. The van der Waals surface area contributed by atoms with Crippen molar-refractivity contribution in [2.75, 3.05) is 0 Å². The van der Waals surface area contributed by atoms with E-state index in [2.05, 4.69) is 16.0 Å². The standard InChI is InChI=1S/C21H22N2O2/c1-15(24)5-3-2-4-6-16-13-22-21(23-14-16)19-8-7-18-12-20(25)10-9-17(18)11-19/h4,6-15,24-25H,2-3,5H2,1H3. The van der Waals surface area contributed by atoms with Gasteiger partial charge in [0.1, 0.15) is 5.75 Å². The number of allylic oxidation sites excluding steroid dienone is 1. The second kappa shape index (κ2) is 7.90. The lowest BCUT2D eigenvalue weighted by Gasteiger charge is -2.04. The summed E-state index contributed by atoms with van der Waals surface area (Å²) in [7, 11) is 0. The first kappa shape index (κ1) is 17.1. The number of hydrogen-bond acceptors (Lipinski definition) is 4. The molecule has 0 saturated heterocycles. The quantitative estimate of drug-likeness (QED) is 0.648. The maximum Gasteiger partial charge on any atom is 0.159 e. The number of aliphatic hydroxyl groups is 1. The van der Waals surface area contributed by atoms with Crippen molar-refractivity contribution in [2.24, 2.45) is 0 Å². The van der Waals surface area contributed by atoms with E-state index in [1.54, 1.807) is 12.1 Å². The SMILES string of the molecule is CC(O)CCCC=Cc1cnc(-c2ccc3cc(O)ccc3c2)nc1. The molecule has 128 valence electrons. The average molecular weight is 334 g/mol. The van der Waals surface area contributed by atoms with Crippen molar-refractivity contribution >= 4 is 16.8 Å². The van der Waals surface area contributed by atoms with Crippen LogP contribution in [0.1, 0.15) is 31.7 Å². The monoisotopic (exact) mass is 334 g/mol. The third-order valence-corrected chi connectivity index (χ3v) is 4.06. The Hall–Kier alpha value is -2.72. The van der Waals surface area contributed by atoms with Crippen molar-refractivity contribution in [3.63, 3.8) is 0 Å². The number of nitrogens with zero attached hydrogens (tertiary/aromatic N) is 2. The van der Waals surface area contributed by atoms with Gasteiger partial charge in [-0.05, 0) is 55.2 Å². The van der Waals surface area contributed by atoms with Crippen LogP contribution in [-0.4, -0.2) is 26.3 Å². The fourth-order valence-electron chi connectivity index (χ4n) is 2.70. The molecule has 0 saturated carbocycles. The van der Waals surface area contributed by atoms with Gasteiger partial charge in [0, 0.05) is 23.5 Å². The Morgan fingerprint density at radius 3 is 2.52 bits per heavy atom. The van der Waals surface area contributed by atoms with Crippen molar-refractivity contribution in [1.29, 1.82) is 0 Å². The number of aromatic nitrogens is 2. The van der Waals surface area contributed by atoms with E-state index in [0.29, 0.717) is 5.82 Å². The van der Waals surface area contributed by atoms with Gasteiger partial charge >= 0.3 is 0 Å².